The molecule has 0 aromatic carbocycles. The SMILES string of the molecule is NC(CNC1C=CS(=O)(=O)C1)=NO. The molecule has 1 aliphatic heterocycles. The number of nitrogens with two attached hydrogens (primary N) is 1. The minimum Gasteiger partial charge on any atom is -0.409 e. The lowest BCUT2D eigenvalue weighted by Crippen LogP contribution is -2.37. The van der Waals surface area contributed by atoms with Gasteiger partial charge in [0, 0.05) is 11.4 Å². The summed E-state index contributed by atoms with van der Waals surface area (Å²) < 4.78 is 21.8. The molecule has 0 fully saturated rings. The minimum absolute atomic E-state index is 0.0256. The summed E-state index contributed by atoms with van der Waals surface area (Å²) in [7, 11) is -3.04. The van der Waals surface area contributed by atoms with Crippen molar-refractivity contribution in [1.82, 2.24) is 5.32 Å². The van der Waals surface area contributed by atoms with Crippen molar-refractivity contribution in [2.45, 2.75) is 6.04 Å². The number of amidine groups is 1. The fourth-order valence-corrected chi connectivity index (χ4v) is 2.24. The number of oxime groups is 1. The van der Waals surface area contributed by atoms with E-state index >= 15 is 0 Å². The number of sulfone groups is 1. The summed E-state index contributed by atoms with van der Waals surface area (Å²) in [5.41, 5.74) is 5.18. The van der Waals surface area contributed by atoms with E-state index in [2.05, 4.69) is 10.5 Å². The fourth-order valence-electron chi connectivity index (χ4n) is 0.974. The smallest absolute Gasteiger partial charge is 0.173 e. The van der Waals surface area contributed by atoms with Crippen molar-refractivity contribution in [3.05, 3.63) is 11.5 Å². The summed E-state index contributed by atoms with van der Waals surface area (Å²) in [6.07, 6.45) is 1.54. The maximum Gasteiger partial charge on any atom is 0.173 e. The molecule has 0 spiro atoms. The Balaban J connectivity index is 2.39. The van der Waals surface area contributed by atoms with Crippen LogP contribution in [0, 0.1) is 0 Å². The highest BCUT2D eigenvalue weighted by molar-refractivity contribution is 7.94. The van der Waals surface area contributed by atoms with Crippen molar-refractivity contribution in [1.29, 1.82) is 0 Å². The van der Waals surface area contributed by atoms with Crippen molar-refractivity contribution in [2.24, 2.45) is 10.9 Å². The normalized spacial score (nSPS) is 26.5. The van der Waals surface area contributed by atoms with Crippen molar-refractivity contribution < 1.29 is 13.6 Å². The topological polar surface area (TPSA) is 105 Å². The molecule has 0 aromatic rings. The van der Waals surface area contributed by atoms with Gasteiger partial charge in [-0.2, -0.15) is 0 Å². The summed E-state index contributed by atoms with van der Waals surface area (Å²) >= 11 is 0. The van der Waals surface area contributed by atoms with E-state index in [4.69, 9.17) is 10.9 Å². The Morgan fingerprint density at radius 2 is 2.46 bits per heavy atom. The molecule has 1 heterocycles. The van der Waals surface area contributed by atoms with Crippen LogP contribution in [0.2, 0.25) is 0 Å². The van der Waals surface area contributed by atoms with Crippen LogP contribution in [-0.4, -0.2) is 37.8 Å². The van der Waals surface area contributed by atoms with Crippen LogP contribution < -0.4 is 11.1 Å². The number of rotatable bonds is 3. The van der Waals surface area contributed by atoms with Crippen LogP contribution in [0.25, 0.3) is 0 Å². The van der Waals surface area contributed by atoms with Crippen LogP contribution >= 0.6 is 0 Å². The van der Waals surface area contributed by atoms with E-state index in [1.165, 1.54) is 0 Å². The molecule has 0 saturated heterocycles. The van der Waals surface area contributed by atoms with Crippen molar-refractivity contribution in [3.8, 4) is 0 Å². The van der Waals surface area contributed by atoms with Gasteiger partial charge in [-0.15, -0.1) is 0 Å². The molecule has 0 aromatic heterocycles. The molecule has 1 atom stereocenters. The maximum atomic E-state index is 10.9. The summed E-state index contributed by atoms with van der Waals surface area (Å²) in [5.74, 6) is 0.0591. The summed E-state index contributed by atoms with van der Waals surface area (Å²) in [5, 5.41) is 14.9. The molecule has 74 valence electrons. The van der Waals surface area contributed by atoms with Crippen LogP contribution in [0.4, 0.5) is 0 Å². The molecule has 6 nitrogen and oxygen atoms in total. The second-order valence-electron chi connectivity index (χ2n) is 2.74. The average molecular weight is 205 g/mol. The Kier molecular flexibility index (Phi) is 2.89. The maximum absolute atomic E-state index is 10.9. The first-order chi connectivity index (χ1) is 6.03. The number of nitrogens with zero attached hydrogens (tertiary/aromatic N) is 1. The van der Waals surface area contributed by atoms with Gasteiger partial charge < -0.3 is 16.3 Å². The summed E-state index contributed by atoms with van der Waals surface area (Å²) in [6, 6.07) is -0.245. The van der Waals surface area contributed by atoms with Crippen LogP contribution in [0.3, 0.4) is 0 Å². The highest BCUT2D eigenvalue weighted by atomic mass is 32.2. The molecule has 13 heavy (non-hydrogen) atoms. The van der Waals surface area contributed by atoms with E-state index in [0.717, 1.165) is 5.41 Å². The van der Waals surface area contributed by atoms with Gasteiger partial charge in [0.25, 0.3) is 0 Å². The first-order valence-electron chi connectivity index (χ1n) is 3.64. The third-order valence-corrected chi connectivity index (χ3v) is 3.00. The third-order valence-electron chi connectivity index (χ3n) is 1.60. The van der Waals surface area contributed by atoms with Gasteiger partial charge in [-0.3, -0.25) is 0 Å². The van der Waals surface area contributed by atoms with E-state index in [-0.39, 0.29) is 24.2 Å². The van der Waals surface area contributed by atoms with Gasteiger partial charge in [0.2, 0.25) is 0 Å². The van der Waals surface area contributed by atoms with Crippen molar-refractivity contribution >= 4 is 15.7 Å². The molecule has 1 aliphatic rings. The lowest BCUT2D eigenvalue weighted by Gasteiger charge is -2.07. The minimum atomic E-state index is -3.04. The third kappa shape index (κ3) is 3.03. The Morgan fingerprint density at radius 3 is 2.92 bits per heavy atom. The monoisotopic (exact) mass is 205 g/mol. The van der Waals surface area contributed by atoms with Crippen LogP contribution in [0.1, 0.15) is 0 Å². The quantitative estimate of drug-likeness (QED) is 0.228. The largest absolute Gasteiger partial charge is 0.409 e. The van der Waals surface area contributed by atoms with Gasteiger partial charge >= 0.3 is 0 Å². The molecule has 1 rings (SSSR count). The van der Waals surface area contributed by atoms with Gasteiger partial charge in [-0.1, -0.05) is 11.2 Å². The van der Waals surface area contributed by atoms with E-state index in [9.17, 15) is 8.42 Å². The van der Waals surface area contributed by atoms with E-state index in [0.29, 0.717) is 0 Å². The molecule has 4 N–H and O–H groups in total. The average Bonchev–Trinajstić information content (AvgIpc) is 2.41. The van der Waals surface area contributed by atoms with Gasteiger partial charge in [-0.05, 0) is 0 Å². The molecule has 0 aliphatic carbocycles. The molecule has 0 amide bonds. The Bertz CT molecular complexity index is 333. The van der Waals surface area contributed by atoms with Gasteiger partial charge in [0.05, 0.1) is 12.3 Å². The second kappa shape index (κ2) is 3.75. The molecular weight excluding hydrogens is 194 g/mol. The first kappa shape index (κ1) is 10.0. The zero-order valence-corrected chi connectivity index (χ0v) is 7.66. The zero-order valence-electron chi connectivity index (χ0n) is 6.84. The van der Waals surface area contributed by atoms with Gasteiger partial charge in [-0.25, -0.2) is 8.42 Å². The predicted molar refractivity (Wildman–Crippen MR) is 48.1 cm³/mol. The highest BCUT2D eigenvalue weighted by Crippen LogP contribution is 2.06. The van der Waals surface area contributed by atoms with Crippen LogP contribution in [0.5, 0.6) is 0 Å². The standard InChI is InChI=1S/C6H11N3O3S/c7-6(9-10)3-8-5-1-2-13(11,12)4-5/h1-2,5,8,10H,3-4H2,(H2,7,9). The molecule has 0 bridgehead atoms. The highest BCUT2D eigenvalue weighted by Gasteiger charge is 2.20. The Hall–Kier alpha value is -1.08. The molecular formula is C6H11N3O3S. The lowest BCUT2D eigenvalue weighted by molar-refractivity contribution is 0.317. The fraction of sp³-hybridized carbons (Fsp3) is 0.500. The predicted octanol–water partition coefficient (Wildman–Crippen LogP) is -1.37. The molecule has 7 heteroatoms. The lowest BCUT2D eigenvalue weighted by atomic mass is 10.3. The van der Waals surface area contributed by atoms with Crippen molar-refractivity contribution in [3.63, 3.8) is 0 Å². The Labute approximate surface area is 76.0 Å². The molecule has 0 radical (unpaired) electrons. The van der Waals surface area contributed by atoms with Crippen molar-refractivity contribution in [2.75, 3.05) is 12.3 Å². The van der Waals surface area contributed by atoms with Crippen LogP contribution in [-0.2, 0) is 9.84 Å². The molecule has 1 unspecified atom stereocenters. The van der Waals surface area contributed by atoms with E-state index < -0.39 is 9.84 Å². The number of nitrogens with one attached hydrogen (secondary N) is 1. The van der Waals surface area contributed by atoms with E-state index in [1.54, 1.807) is 6.08 Å². The van der Waals surface area contributed by atoms with Gasteiger partial charge in [0.15, 0.2) is 15.7 Å². The Morgan fingerprint density at radius 1 is 1.77 bits per heavy atom. The van der Waals surface area contributed by atoms with Gasteiger partial charge in [0.1, 0.15) is 0 Å². The molecule has 0 saturated carbocycles. The van der Waals surface area contributed by atoms with Crippen LogP contribution in [0.15, 0.2) is 16.6 Å². The number of hydrogen-bond acceptors (Lipinski definition) is 5. The number of hydrogen-bond donors (Lipinski definition) is 3. The first-order valence-corrected chi connectivity index (χ1v) is 5.36. The van der Waals surface area contributed by atoms with E-state index in [1.807, 2.05) is 0 Å². The summed E-state index contributed by atoms with van der Waals surface area (Å²) in [4.78, 5) is 0. The second-order valence-corrected chi connectivity index (χ2v) is 4.67. The summed E-state index contributed by atoms with van der Waals surface area (Å²) in [6.45, 7) is 0.168. The zero-order chi connectivity index (χ0) is 9.90.